The van der Waals surface area contributed by atoms with Crippen molar-refractivity contribution in [2.75, 3.05) is 16.0 Å². The number of anilines is 3. The second-order valence-electron chi connectivity index (χ2n) is 17.2. The van der Waals surface area contributed by atoms with Crippen LogP contribution in [0.3, 0.4) is 0 Å². The molecule has 3 fully saturated rings. The lowest BCUT2D eigenvalue weighted by Gasteiger charge is -2.22. The molecule has 68 heavy (non-hydrogen) atoms. The van der Waals surface area contributed by atoms with Crippen LogP contribution in [-0.2, 0) is 20.2 Å². The van der Waals surface area contributed by atoms with E-state index in [1.807, 2.05) is 0 Å². The predicted molar refractivity (Wildman–Crippen MR) is 257 cm³/mol. The Morgan fingerprint density at radius 1 is 0.574 bits per heavy atom. The topological polar surface area (TPSA) is 256 Å². The number of fused-ring (bicyclic) bond motifs is 2. The second kappa shape index (κ2) is 20.4. The molecular weight excluding hydrogens is 911 g/mol. The molecule has 0 bridgehead atoms. The smallest absolute Gasteiger partial charge is 0.339 e. The van der Waals surface area contributed by atoms with Gasteiger partial charge in [0.2, 0.25) is 11.9 Å². The van der Waals surface area contributed by atoms with E-state index in [0.717, 1.165) is 75.6 Å². The van der Waals surface area contributed by atoms with E-state index in [0.29, 0.717) is 34.1 Å². The molecule has 3 saturated carbocycles. The lowest BCUT2D eigenvalue weighted by molar-refractivity contribution is 0.244. The molecule has 4 amide bonds. The quantitative estimate of drug-likeness (QED) is 0.0536. The van der Waals surface area contributed by atoms with Crippen molar-refractivity contribution in [2.24, 2.45) is 0 Å². The summed E-state index contributed by atoms with van der Waals surface area (Å²) in [6.45, 7) is 0. The van der Waals surface area contributed by atoms with Crippen molar-refractivity contribution in [3.63, 3.8) is 0 Å². The fraction of sp³-hybridized carbons (Fsp3) is 0.340. The molecule has 7 aromatic rings. The fourth-order valence-electron chi connectivity index (χ4n) is 8.74. The zero-order valence-corrected chi connectivity index (χ0v) is 38.7. The maximum Gasteiger partial charge on any atom is 0.339 e. The summed E-state index contributed by atoms with van der Waals surface area (Å²) < 4.78 is 63.5. The number of benzene rings is 4. The summed E-state index contributed by atoms with van der Waals surface area (Å²) in [6.07, 6.45) is 19.4. The van der Waals surface area contributed by atoms with Gasteiger partial charge >= 0.3 is 32.3 Å². The Morgan fingerprint density at radius 3 is 1.50 bits per heavy atom. The molecule has 3 heterocycles. The molecule has 21 heteroatoms. The van der Waals surface area contributed by atoms with Gasteiger partial charge in [-0.15, -0.1) is 0 Å². The molecule has 0 spiro atoms. The van der Waals surface area contributed by atoms with Crippen molar-refractivity contribution >= 4 is 71.9 Å². The Balaban J connectivity index is 0.000000170. The SMILES string of the molecule is O=C(Nc1nc2ccc(OS(=O)(=O)c3ccc(-n4ccnc4)cc3)cc2[nH]1)NC1CCCC1.O=C(Nc1nc2ccc(OS(=O)(=O)c3ccc(NC4CCCC4)cc3)cc2[nH]1)NC1CCCCC1. The Kier molecular flexibility index (Phi) is 13.8. The molecular formula is C47H53N11O8S2. The zero-order chi connectivity index (χ0) is 47.1. The van der Waals surface area contributed by atoms with E-state index < -0.39 is 20.2 Å². The maximum atomic E-state index is 12.8. The lowest BCUT2D eigenvalue weighted by Crippen LogP contribution is -2.39. The van der Waals surface area contributed by atoms with Crippen molar-refractivity contribution in [3.05, 3.63) is 104 Å². The van der Waals surface area contributed by atoms with E-state index in [4.69, 9.17) is 8.37 Å². The highest BCUT2D eigenvalue weighted by Crippen LogP contribution is 2.28. The van der Waals surface area contributed by atoms with Crippen LogP contribution in [0, 0.1) is 0 Å². The summed E-state index contributed by atoms with van der Waals surface area (Å²) in [5.41, 5.74) is 3.94. The van der Waals surface area contributed by atoms with Crippen LogP contribution in [0.25, 0.3) is 27.8 Å². The van der Waals surface area contributed by atoms with Gasteiger partial charge in [-0.2, -0.15) is 16.8 Å². The number of nitrogens with zero attached hydrogens (tertiary/aromatic N) is 4. The summed E-state index contributed by atoms with van der Waals surface area (Å²) in [7, 11) is -8.03. The predicted octanol–water partition coefficient (Wildman–Crippen LogP) is 8.72. The third-order valence-electron chi connectivity index (χ3n) is 12.2. The first kappa shape index (κ1) is 46.0. The Labute approximate surface area is 393 Å². The molecule has 3 aliphatic carbocycles. The number of H-pyrrole nitrogens is 2. The zero-order valence-electron chi connectivity index (χ0n) is 37.1. The third-order valence-corrected chi connectivity index (χ3v) is 14.7. The van der Waals surface area contributed by atoms with Crippen LogP contribution >= 0.6 is 0 Å². The van der Waals surface area contributed by atoms with Crippen LogP contribution in [0.1, 0.15) is 83.5 Å². The van der Waals surface area contributed by atoms with Crippen LogP contribution in [0.15, 0.2) is 113 Å². The van der Waals surface area contributed by atoms with Gasteiger partial charge in [-0.3, -0.25) is 10.6 Å². The summed E-state index contributed by atoms with van der Waals surface area (Å²) in [6, 6.07) is 22.5. The number of urea groups is 2. The number of hydrogen-bond donors (Lipinski definition) is 7. The number of rotatable bonds is 13. The van der Waals surface area contributed by atoms with Crippen LogP contribution in [-0.4, -0.2) is 76.5 Å². The van der Waals surface area contributed by atoms with Gasteiger partial charge in [-0.1, -0.05) is 44.9 Å². The minimum absolute atomic E-state index is 0.0296. The normalized spacial score (nSPS) is 15.9. The molecule has 3 aliphatic rings. The minimum Gasteiger partial charge on any atom is -0.382 e. The fourth-order valence-corrected chi connectivity index (χ4v) is 10.6. The molecule has 19 nitrogen and oxygen atoms in total. The number of hydrogen-bond acceptors (Lipinski definition) is 12. The largest absolute Gasteiger partial charge is 0.382 e. The van der Waals surface area contributed by atoms with Gasteiger partial charge in [-0.05, 0) is 111 Å². The van der Waals surface area contributed by atoms with Gasteiger partial charge in [-0.25, -0.2) is 24.5 Å². The van der Waals surface area contributed by atoms with Crippen molar-refractivity contribution < 1.29 is 34.8 Å². The van der Waals surface area contributed by atoms with E-state index in [2.05, 4.69) is 51.5 Å². The van der Waals surface area contributed by atoms with Crippen molar-refractivity contribution in [1.29, 1.82) is 0 Å². The summed E-state index contributed by atoms with van der Waals surface area (Å²) in [4.78, 5) is 43.2. The number of carbonyl (C=O) groups is 2. The summed E-state index contributed by atoms with van der Waals surface area (Å²) in [5, 5.41) is 14.8. The number of aromatic nitrogens is 6. The van der Waals surface area contributed by atoms with E-state index >= 15 is 0 Å². The molecule has 0 unspecified atom stereocenters. The van der Waals surface area contributed by atoms with E-state index in [-0.39, 0.29) is 51.4 Å². The van der Waals surface area contributed by atoms with Crippen LogP contribution in [0.5, 0.6) is 11.5 Å². The third kappa shape index (κ3) is 11.7. The van der Waals surface area contributed by atoms with E-state index in [1.54, 1.807) is 84.0 Å². The highest BCUT2D eigenvalue weighted by molar-refractivity contribution is 7.87. The van der Waals surface area contributed by atoms with Gasteiger partial charge in [0.1, 0.15) is 21.3 Å². The van der Waals surface area contributed by atoms with Gasteiger partial charge in [0.25, 0.3) is 0 Å². The molecule has 0 saturated heterocycles. The highest BCUT2D eigenvalue weighted by Gasteiger charge is 2.22. The van der Waals surface area contributed by atoms with E-state index in [1.165, 1.54) is 43.5 Å². The summed E-state index contributed by atoms with van der Waals surface area (Å²) in [5.74, 6) is 0.855. The van der Waals surface area contributed by atoms with Crippen molar-refractivity contribution in [1.82, 2.24) is 40.1 Å². The monoisotopic (exact) mass is 963 g/mol. The van der Waals surface area contributed by atoms with Gasteiger partial charge < -0.3 is 38.9 Å². The number of aromatic amines is 2. The number of amides is 4. The summed E-state index contributed by atoms with van der Waals surface area (Å²) >= 11 is 0. The highest BCUT2D eigenvalue weighted by atomic mass is 32.2. The number of carbonyl (C=O) groups excluding carboxylic acids is 2. The Morgan fingerprint density at radius 2 is 1.03 bits per heavy atom. The van der Waals surface area contributed by atoms with Gasteiger partial charge in [0, 0.05) is 54.0 Å². The molecule has 10 rings (SSSR count). The van der Waals surface area contributed by atoms with E-state index in [9.17, 15) is 26.4 Å². The van der Waals surface area contributed by atoms with Gasteiger partial charge in [0.15, 0.2) is 0 Å². The minimum atomic E-state index is -4.03. The standard InChI is InChI=1S/C25H31N5O4S.C22H22N6O4S/c31-25(27-18-6-2-1-3-7-18)30-24-28-22-15-12-20(16-23(22)29-24)34-35(32,33)21-13-10-19(11-14-21)26-17-8-4-5-9-17;29-22(24-15-3-1-2-4-15)27-21-25-19-10-7-17(13-20(19)26-21)32-33(30,31)18-8-5-16(6-9-18)28-12-11-23-14-28/h10-18,26H,1-9H2,(H3,27,28,29,30,31);5-15H,1-4H2,(H3,24,25,26,27,29). The number of imidazole rings is 3. The van der Waals surface area contributed by atoms with Crippen molar-refractivity contribution in [3.8, 4) is 17.2 Å². The Bertz CT molecular complexity index is 3070. The number of nitrogens with one attached hydrogen (secondary N) is 7. The van der Waals surface area contributed by atoms with Gasteiger partial charge in [0.05, 0.1) is 28.4 Å². The Hall–Kier alpha value is -7.13. The molecule has 4 aromatic carbocycles. The molecule has 0 aliphatic heterocycles. The molecule has 3 aromatic heterocycles. The first-order valence-corrected chi connectivity index (χ1v) is 25.7. The molecule has 7 N–H and O–H groups in total. The van der Waals surface area contributed by atoms with Crippen LogP contribution in [0.4, 0.5) is 27.2 Å². The lowest BCUT2D eigenvalue weighted by atomic mass is 9.96. The molecule has 0 atom stereocenters. The average molecular weight is 964 g/mol. The maximum absolute atomic E-state index is 12.8. The molecule has 356 valence electrons. The van der Waals surface area contributed by atoms with Crippen molar-refractivity contribution in [2.45, 2.75) is 111 Å². The average Bonchev–Trinajstić information content (AvgIpc) is 4.19. The molecule has 0 radical (unpaired) electrons. The first-order chi connectivity index (χ1) is 32.9. The second-order valence-corrected chi connectivity index (χ2v) is 20.3. The van der Waals surface area contributed by atoms with Crippen LogP contribution in [0.2, 0.25) is 0 Å². The van der Waals surface area contributed by atoms with Crippen LogP contribution < -0.4 is 35.0 Å². The first-order valence-electron chi connectivity index (χ1n) is 22.9.